The first-order chi connectivity index (χ1) is 9.78. The molecule has 0 aliphatic carbocycles. The predicted molar refractivity (Wildman–Crippen MR) is 80.9 cm³/mol. The zero-order chi connectivity index (χ0) is 14.2. The minimum atomic E-state index is 0.0914. The Morgan fingerprint density at radius 2 is 2.10 bits per heavy atom. The summed E-state index contributed by atoms with van der Waals surface area (Å²) >= 11 is 1.81. The normalized spacial score (nSPS) is 17.2. The lowest BCUT2D eigenvalue weighted by Crippen LogP contribution is -2.49. The average molecular weight is 297 g/mol. The van der Waals surface area contributed by atoms with Crippen LogP contribution in [0.25, 0.3) is 0 Å². The maximum Gasteiger partial charge on any atom is 0.234 e. The molecular weight excluding hydrogens is 274 g/mol. The van der Waals surface area contributed by atoms with Gasteiger partial charge in [-0.15, -0.1) is 11.3 Å². The van der Waals surface area contributed by atoms with E-state index in [2.05, 4.69) is 32.6 Å². The number of carbonyl (C=O) groups is 1. The van der Waals surface area contributed by atoms with Crippen LogP contribution in [-0.2, 0) is 16.1 Å². The second-order valence-electron chi connectivity index (χ2n) is 4.97. The molecule has 2 rings (SSSR count). The highest BCUT2D eigenvalue weighted by Gasteiger charge is 2.18. The maximum atomic E-state index is 11.7. The first kappa shape index (κ1) is 15.4. The van der Waals surface area contributed by atoms with Crippen LogP contribution in [-0.4, -0.2) is 68.7 Å². The SMILES string of the molecule is COCCNC(=O)CN1CCN(Cc2cccs2)CC1. The molecule has 0 saturated carbocycles. The average Bonchev–Trinajstić information content (AvgIpc) is 2.94. The van der Waals surface area contributed by atoms with E-state index in [0.717, 1.165) is 32.7 Å². The lowest BCUT2D eigenvalue weighted by atomic mass is 10.3. The van der Waals surface area contributed by atoms with Crippen LogP contribution >= 0.6 is 11.3 Å². The quantitative estimate of drug-likeness (QED) is 0.750. The third-order valence-electron chi connectivity index (χ3n) is 3.42. The molecule has 5 nitrogen and oxygen atoms in total. The van der Waals surface area contributed by atoms with E-state index in [1.165, 1.54) is 4.88 Å². The van der Waals surface area contributed by atoms with Gasteiger partial charge >= 0.3 is 0 Å². The lowest BCUT2D eigenvalue weighted by molar-refractivity contribution is -0.122. The summed E-state index contributed by atoms with van der Waals surface area (Å²) in [6.45, 7) is 6.68. The van der Waals surface area contributed by atoms with Crippen LogP contribution in [0.1, 0.15) is 4.88 Å². The molecule has 2 heterocycles. The van der Waals surface area contributed by atoms with E-state index in [9.17, 15) is 4.79 Å². The Hall–Kier alpha value is -0.950. The highest BCUT2D eigenvalue weighted by atomic mass is 32.1. The molecule has 0 aromatic carbocycles. The fourth-order valence-electron chi connectivity index (χ4n) is 2.28. The lowest BCUT2D eigenvalue weighted by Gasteiger charge is -2.34. The zero-order valence-electron chi connectivity index (χ0n) is 12.0. The van der Waals surface area contributed by atoms with Crippen LogP contribution < -0.4 is 5.32 Å². The number of amides is 1. The standard InChI is InChI=1S/C14H23N3O2S/c1-19-9-4-15-14(18)12-17-7-5-16(6-8-17)11-13-3-2-10-20-13/h2-3,10H,4-9,11-12H2,1H3,(H,15,18). The molecule has 0 bridgehead atoms. The van der Waals surface area contributed by atoms with E-state index in [1.54, 1.807) is 7.11 Å². The molecule has 20 heavy (non-hydrogen) atoms. The first-order valence-corrected chi connectivity index (χ1v) is 7.88. The van der Waals surface area contributed by atoms with Crippen LogP contribution in [0.4, 0.5) is 0 Å². The number of hydrogen-bond donors (Lipinski definition) is 1. The van der Waals surface area contributed by atoms with Crippen LogP contribution in [0.5, 0.6) is 0 Å². The van der Waals surface area contributed by atoms with E-state index < -0.39 is 0 Å². The smallest absolute Gasteiger partial charge is 0.234 e. The van der Waals surface area contributed by atoms with Crippen molar-refractivity contribution in [1.29, 1.82) is 0 Å². The molecule has 6 heteroatoms. The number of thiophene rings is 1. The molecule has 112 valence electrons. The van der Waals surface area contributed by atoms with Crippen LogP contribution in [0.3, 0.4) is 0 Å². The van der Waals surface area contributed by atoms with Gasteiger partial charge in [0.2, 0.25) is 5.91 Å². The molecule has 1 aromatic rings. The molecule has 0 atom stereocenters. The van der Waals surface area contributed by atoms with Crippen molar-refractivity contribution in [2.75, 3.05) is 53.0 Å². The molecule has 1 amide bonds. The third-order valence-corrected chi connectivity index (χ3v) is 4.28. The van der Waals surface area contributed by atoms with Gasteiger partial charge in [0.15, 0.2) is 0 Å². The number of piperazine rings is 1. The van der Waals surface area contributed by atoms with Crippen molar-refractivity contribution in [1.82, 2.24) is 15.1 Å². The topological polar surface area (TPSA) is 44.8 Å². The van der Waals surface area contributed by atoms with Gasteiger partial charge in [0.25, 0.3) is 0 Å². The zero-order valence-corrected chi connectivity index (χ0v) is 12.8. The van der Waals surface area contributed by atoms with Crippen molar-refractivity contribution < 1.29 is 9.53 Å². The van der Waals surface area contributed by atoms with E-state index in [-0.39, 0.29) is 5.91 Å². The molecular formula is C14H23N3O2S. The van der Waals surface area contributed by atoms with Crippen molar-refractivity contribution in [3.8, 4) is 0 Å². The molecule has 0 spiro atoms. The summed E-state index contributed by atoms with van der Waals surface area (Å²) in [5.41, 5.74) is 0. The van der Waals surface area contributed by atoms with Gasteiger partial charge < -0.3 is 10.1 Å². The first-order valence-electron chi connectivity index (χ1n) is 7.00. The molecule has 1 N–H and O–H groups in total. The van der Waals surface area contributed by atoms with Gasteiger partial charge in [-0.05, 0) is 11.4 Å². The van der Waals surface area contributed by atoms with Gasteiger partial charge in [-0.1, -0.05) is 6.07 Å². The predicted octanol–water partition coefficient (Wildman–Crippen LogP) is 0.628. The van der Waals surface area contributed by atoms with Gasteiger partial charge in [0.05, 0.1) is 13.2 Å². The van der Waals surface area contributed by atoms with Crippen molar-refractivity contribution in [3.05, 3.63) is 22.4 Å². The summed E-state index contributed by atoms with van der Waals surface area (Å²) in [6, 6.07) is 4.28. The minimum Gasteiger partial charge on any atom is -0.383 e. The fraction of sp³-hybridized carbons (Fsp3) is 0.643. The second-order valence-corrected chi connectivity index (χ2v) is 6.01. The van der Waals surface area contributed by atoms with Gasteiger partial charge in [-0.2, -0.15) is 0 Å². The Labute approximate surface area is 124 Å². The fourth-order valence-corrected chi connectivity index (χ4v) is 3.03. The monoisotopic (exact) mass is 297 g/mol. The van der Waals surface area contributed by atoms with Gasteiger partial charge in [0, 0.05) is 51.3 Å². The molecule has 1 aliphatic rings. The van der Waals surface area contributed by atoms with Crippen LogP contribution in [0.2, 0.25) is 0 Å². The summed E-state index contributed by atoms with van der Waals surface area (Å²) in [5.74, 6) is 0.0914. The second kappa shape index (κ2) is 8.36. The maximum absolute atomic E-state index is 11.7. The van der Waals surface area contributed by atoms with Crippen molar-refractivity contribution in [3.63, 3.8) is 0 Å². The number of ether oxygens (including phenoxy) is 1. The number of hydrogen-bond acceptors (Lipinski definition) is 5. The van der Waals surface area contributed by atoms with Crippen molar-refractivity contribution in [2.45, 2.75) is 6.54 Å². The number of carbonyl (C=O) groups excluding carboxylic acids is 1. The van der Waals surface area contributed by atoms with E-state index in [4.69, 9.17) is 4.74 Å². The van der Waals surface area contributed by atoms with Crippen LogP contribution in [0.15, 0.2) is 17.5 Å². The van der Waals surface area contributed by atoms with E-state index in [0.29, 0.717) is 19.7 Å². The summed E-state index contributed by atoms with van der Waals surface area (Å²) in [7, 11) is 1.64. The molecule has 1 aliphatic heterocycles. The highest BCUT2D eigenvalue weighted by molar-refractivity contribution is 7.09. The molecule has 0 unspecified atom stereocenters. The molecule has 1 fully saturated rings. The van der Waals surface area contributed by atoms with Gasteiger partial charge in [0.1, 0.15) is 0 Å². The summed E-state index contributed by atoms with van der Waals surface area (Å²) < 4.78 is 4.91. The number of nitrogens with zero attached hydrogens (tertiary/aromatic N) is 2. The summed E-state index contributed by atoms with van der Waals surface area (Å²) in [6.07, 6.45) is 0. The Morgan fingerprint density at radius 3 is 2.75 bits per heavy atom. The number of methoxy groups -OCH3 is 1. The molecule has 1 saturated heterocycles. The van der Waals surface area contributed by atoms with E-state index >= 15 is 0 Å². The largest absolute Gasteiger partial charge is 0.383 e. The van der Waals surface area contributed by atoms with E-state index in [1.807, 2.05) is 11.3 Å². The summed E-state index contributed by atoms with van der Waals surface area (Å²) in [5, 5.41) is 4.98. The number of rotatable bonds is 7. The van der Waals surface area contributed by atoms with Crippen molar-refractivity contribution >= 4 is 17.2 Å². The molecule has 1 aromatic heterocycles. The summed E-state index contributed by atoms with van der Waals surface area (Å²) in [4.78, 5) is 17.8. The Balaban J connectivity index is 1.62. The van der Waals surface area contributed by atoms with Crippen molar-refractivity contribution in [2.24, 2.45) is 0 Å². The van der Waals surface area contributed by atoms with Crippen LogP contribution in [0, 0.1) is 0 Å². The Morgan fingerprint density at radius 1 is 1.35 bits per heavy atom. The Kier molecular flexibility index (Phi) is 6.46. The van der Waals surface area contributed by atoms with Gasteiger partial charge in [-0.25, -0.2) is 0 Å². The Bertz CT molecular complexity index is 389. The number of nitrogens with one attached hydrogen (secondary N) is 1. The minimum absolute atomic E-state index is 0.0914. The highest BCUT2D eigenvalue weighted by Crippen LogP contribution is 2.13. The third kappa shape index (κ3) is 5.20. The molecule has 0 radical (unpaired) electrons. The van der Waals surface area contributed by atoms with Gasteiger partial charge in [-0.3, -0.25) is 14.6 Å².